The van der Waals surface area contributed by atoms with Crippen LogP contribution in [0.2, 0.25) is 5.28 Å². The topological polar surface area (TPSA) is 102 Å². The van der Waals surface area contributed by atoms with Gasteiger partial charge in [0.05, 0.1) is 24.4 Å². The van der Waals surface area contributed by atoms with Crippen molar-refractivity contribution < 1.29 is 14.4 Å². The van der Waals surface area contributed by atoms with Gasteiger partial charge in [-0.1, -0.05) is 0 Å². The van der Waals surface area contributed by atoms with Gasteiger partial charge in [0.2, 0.25) is 0 Å². The maximum atomic E-state index is 13.2. The number of benzene rings is 1. The number of imidazole rings is 2. The van der Waals surface area contributed by atoms with E-state index in [9.17, 15) is 19.6 Å². The molecule has 0 aliphatic carbocycles. The van der Waals surface area contributed by atoms with Crippen LogP contribution in [-0.2, 0) is 19.6 Å². The highest BCUT2D eigenvalue weighted by molar-refractivity contribution is 6.28. The van der Waals surface area contributed by atoms with Crippen molar-refractivity contribution in [2.75, 3.05) is 13.1 Å². The highest BCUT2D eigenvalue weighted by Gasteiger charge is 2.30. The number of aliphatic hydroxyl groups is 1. The summed E-state index contributed by atoms with van der Waals surface area (Å²) in [6, 6.07) is 6.20. The first-order chi connectivity index (χ1) is 14.2. The summed E-state index contributed by atoms with van der Waals surface area (Å²) >= 11 is 5.96. The number of rotatable bonds is 6. The molecule has 2 aromatic heterocycles. The number of fused-ring (bicyclic) bond motifs is 1. The van der Waals surface area contributed by atoms with Crippen molar-refractivity contribution in [3.8, 4) is 11.3 Å². The van der Waals surface area contributed by atoms with Crippen LogP contribution in [0.5, 0.6) is 0 Å². The Morgan fingerprint density at radius 1 is 1.23 bits per heavy atom. The maximum absolute atomic E-state index is 13.2. The quantitative estimate of drug-likeness (QED) is 0.472. The Morgan fingerprint density at radius 2 is 1.97 bits per heavy atom. The van der Waals surface area contributed by atoms with E-state index < -0.39 is 10.5 Å². The molecule has 1 unspecified atom stereocenters. The number of aromatic nitrogens is 4. The van der Waals surface area contributed by atoms with Crippen LogP contribution in [0.15, 0.2) is 36.7 Å². The molecule has 0 spiro atoms. The van der Waals surface area contributed by atoms with Crippen molar-refractivity contribution in [2.24, 2.45) is 0 Å². The maximum Gasteiger partial charge on any atom is 0.383 e. The van der Waals surface area contributed by atoms with Crippen LogP contribution in [0.1, 0.15) is 12.7 Å². The van der Waals surface area contributed by atoms with Crippen LogP contribution < -0.4 is 0 Å². The van der Waals surface area contributed by atoms with E-state index in [2.05, 4.69) is 19.4 Å². The third-order valence-electron chi connectivity index (χ3n) is 5.00. The second-order valence-corrected chi connectivity index (χ2v) is 8.04. The fourth-order valence-electron chi connectivity index (χ4n) is 3.67. The van der Waals surface area contributed by atoms with E-state index in [0.29, 0.717) is 26.2 Å². The van der Waals surface area contributed by atoms with Gasteiger partial charge in [0.25, 0.3) is 0 Å². The molecule has 1 aliphatic rings. The fourth-order valence-corrected chi connectivity index (χ4v) is 3.87. The van der Waals surface area contributed by atoms with E-state index in [-0.39, 0.29) is 23.5 Å². The zero-order valence-electron chi connectivity index (χ0n) is 16.2. The first kappa shape index (κ1) is 20.5. The molecular weight excluding hydrogens is 415 g/mol. The number of nitro groups is 1. The lowest BCUT2D eigenvalue weighted by molar-refractivity contribution is -0.389. The Balaban J connectivity index is 1.44. The fraction of sp³-hybridized carbons (Fsp3) is 0.368. The Morgan fingerprint density at radius 3 is 2.63 bits per heavy atom. The lowest BCUT2D eigenvalue weighted by Gasteiger charge is -2.34. The summed E-state index contributed by atoms with van der Waals surface area (Å²) < 4.78 is 16.6. The molecule has 0 amide bonds. The van der Waals surface area contributed by atoms with Crippen LogP contribution in [0, 0.1) is 15.9 Å². The Hall–Kier alpha value is -2.82. The molecule has 0 saturated carbocycles. The van der Waals surface area contributed by atoms with Gasteiger partial charge in [0.1, 0.15) is 17.8 Å². The smallest absolute Gasteiger partial charge is 0.383 e. The monoisotopic (exact) mass is 434 g/mol. The summed E-state index contributed by atoms with van der Waals surface area (Å²) in [5.74, 6) is 0.205. The summed E-state index contributed by atoms with van der Waals surface area (Å²) in [6.45, 7) is 4.00. The van der Waals surface area contributed by atoms with Crippen molar-refractivity contribution in [3.63, 3.8) is 0 Å². The van der Waals surface area contributed by atoms with Gasteiger partial charge in [-0.25, -0.2) is 9.37 Å². The molecule has 9 nitrogen and oxygen atoms in total. The van der Waals surface area contributed by atoms with Crippen LogP contribution in [-0.4, -0.2) is 52.7 Å². The van der Waals surface area contributed by atoms with Crippen molar-refractivity contribution >= 4 is 17.4 Å². The Kier molecular flexibility index (Phi) is 5.31. The molecule has 4 rings (SSSR count). The van der Waals surface area contributed by atoms with Crippen molar-refractivity contribution in [2.45, 2.75) is 32.2 Å². The average molecular weight is 435 g/mol. The third kappa shape index (κ3) is 4.35. The van der Waals surface area contributed by atoms with E-state index in [1.165, 1.54) is 22.9 Å². The number of halogens is 2. The lowest BCUT2D eigenvalue weighted by Crippen LogP contribution is -2.46. The van der Waals surface area contributed by atoms with E-state index in [1.807, 2.05) is 6.20 Å². The Labute approximate surface area is 176 Å². The van der Waals surface area contributed by atoms with Crippen molar-refractivity contribution in [3.05, 3.63) is 63.7 Å². The lowest BCUT2D eigenvalue weighted by atomic mass is 10.1. The summed E-state index contributed by atoms with van der Waals surface area (Å²) in [5.41, 5.74) is 0.427. The minimum Gasteiger partial charge on any atom is -0.387 e. The Bertz CT molecular complexity index is 1080. The van der Waals surface area contributed by atoms with Crippen LogP contribution in [0.25, 0.3) is 11.3 Å². The predicted molar refractivity (Wildman–Crippen MR) is 107 cm³/mol. The highest BCUT2D eigenvalue weighted by atomic mass is 35.5. The summed E-state index contributed by atoms with van der Waals surface area (Å²) in [4.78, 5) is 20.6. The van der Waals surface area contributed by atoms with Gasteiger partial charge in [0, 0.05) is 31.4 Å². The van der Waals surface area contributed by atoms with E-state index in [4.69, 9.17) is 11.6 Å². The molecule has 3 heterocycles. The molecule has 1 atom stereocenters. The van der Waals surface area contributed by atoms with Gasteiger partial charge in [-0.15, -0.1) is 0 Å². The number of nitrogens with zero attached hydrogens (tertiary/aromatic N) is 6. The molecule has 0 fully saturated rings. The highest BCUT2D eigenvalue weighted by Crippen LogP contribution is 2.24. The number of β-amino-alcohol motifs (C(OH)–C–C–N with tert-alkyl or cyclic N) is 1. The SMILES string of the molecule is CC(O)(CN1CCn2cc(-c3ccc(F)cc3)nc2C1)Cn1cc([N+](=O)[O-])nc1Cl. The zero-order chi connectivity index (χ0) is 21.5. The molecule has 0 saturated heterocycles. The summed E-state index contributed by atoms with van der Waals surface area (Å²) in [5, 5.41) is 21.7. The van der Waals surface area contributed by atoms with Crippen molar-refractivity contribution in [1.29, 1.82) is 0 Å². The molecule has 30 heavy (non-hydrogen) atoms. The molecule has 0 radical (unpaired) electrons. The zero-order valence-corrected chi connectivity index (χ0v) is 17.0. The molecule has 1 aromatic carbocycles. The van der Waals surface area contributed by atoms with Crippen LogP contribution in [0.4, 0.5) is 10.2 Å². The van der Waals surface area contributed by atoms with Gasteiger partial charge in [-0.3, -0.25) is 9.47 Å². The van der Waals surface area contributed by atoms with Gasteiger partial charge >= 0.3 is 11.1 Å². The first-order valence-corrected chi connectivity index (χ1v) is 9.72. The summed E-state index contributed by atoms with van der Waals surface area (Å²) in [7, 11) is 0. The number of hydrogen-bond donors (Lipinski definition) is 1. The van der Waals surface area contributed by atoms with Gasteiger partial charge < -0.3 is 19.8 Å². The van der Waals surface area contributed by atoms with Gasteiger partial charge in [-0.05, 0) is 52.7 Å². The van der Waals surface area contributed by atoms with E-state index >= 15 is 0 Å². The second kappa shape index (κ2) is 7.78. The predicted octanol–water partition coefficient (Wildman–Crippen LogP) is 2.71. The van der Waals surface area contributed by atoms with E-state index in [1.54, 1.807) is 19.1 Å². The van der Waals surface area contributed by atoms with Crippen LogP contribution >= 0.6 is 11.6 Å². The molecule has 1 N–H and O–H groups in total. The largest absolute Gasteiger partial charge is 0.387 e. The van der Waals surface area contributed by atoms with Gasteiger partial charge in [-0.2, -0.15) is 0 Å². The van der Waals surface area contributed by atoms with Gasteiger partial charge in [0.15, 0.2) is 0 Å². The van der Waals surface area contributed by atoms with E-state index in [0.717, 1.165) is 17.1 Å². The second-order valence-electron chi connectivity index (χ2n) is 7.70. The number of hydrogen-bond acceptors (Lipinski definition) is 6. The minimum absolute atomic E-state index is 0.0416. The molecule has 11 heteroatoms. The average Bonchev–Trinajstić information content (AvgIpc) is 3.25. The normalized spacial score (nSPS) is 16.3. The third-order valence-corrected chi connectivity index (χ3v) is 5.30. The van der Waals surface area contributed by atoms with Crippen molar-refractivity contribution in [1.82, 2.24) is 24.0 Å². The molecule has 3 aromatic rings. The molecule has 1 aliphatic heterocycles. The molecular formula is C19H20ClFN6O3. The standard InChI is InChI=1S/C19H20ClFN6O3/c1-19(28,12-26-10-17(27(29)30)23-18(26)20)11-24-6-7-25-8-15(22-16(25)9-24)13-2-4-14(21)5-3-13/h2-5,8,10,28H,6-7,9,11-12H2,1H3. The summed E-state index contributed by atoms with van der Waals surface area (Å²) in [6.07, 6.45) is 3.16. The first-order valence-electron chi connectivity index (χ1n) is 9.34. The minimum atomic E-state index is -1.19. The molecule has 0 bridgehead atoms. The molecule has 158 valence electrons. The van der Waals surface area contributed by atoms with Crippen LogP contribution in [0.3, 0.4) is 0 Å².